The molecule has 0 aromatic heterocycles. The summed E-state index contributed by atoms with van der Waals surface area (Å²) in [7, 11) is 1.53. The van der Waals surface area contributed by atoms with E-state index in [4.69, 9.17) is 15.2 Å². The highest BCUT2D eigenvalue weighted by Gasteiger charge is 2.25. The standard InChI is InChI=1S/C31H28N4O4/c1-38-27-13-14-28(25(17-27)19-33)23-10-6-11-24(16-23)29(30(36)34-26-12-5-9-22(15-26)18-32)35-31(37)39-20-21-7-3-2-4-8-21/h2-17,29H,18,20,32H2,1H3,(H,34,36)(H,35,37)/t29-/m0/s1. The summed E-state index contributed by atoms with van der Waals surface area (Å²) in [5, 5.41) is 15.2. The highest BCUT2D eigenvalue weighted by Crippen LogP contribution is 2.29. The van der Waals surface area contributed by atoms with Gasteiger partial charge >= 0.3 is 6.09 Å². The maximum absolute atomic E-state index is 13.5. The maximum atomic E-state index is 13.5. The van der Waals surface area contributed by atoms with Crippen LogP contribution in [-0.2, 0) is 22.7 Å². The number of methoxy groups -OCH3 is 1. The van der Waals surface area contributed by atoms with Crippen LogP contribution in [0.4, 0.5) is 10.5 Å². The topological polar surface area (TPSA) is 126 Å². The van der Waals surface area contributed by atoms with E-state index in [0.29, 0.717) is 40.2 Å². The SMILES string of the molecule is COc1ccc(-c2cccc([C@H](NC(=O)OCc3ccccc3)C(=O)Nc3cccc(CN)c3)c2)c(C#N)c1. The number of nitrogens with zero attached hydrogens (tertiary/aromatic N) is 1. The van der Waals surface area contributed by atoms with Gasteiger partial charge in [-0.05, 0) is 64.2 Å². The predicted molar refractivity (Wildman–Crippen MR) is 149 cm³/mol. The van der Waals surface area contributed by atoms with Gasteiger partial charge in [-0.15, -0.1) is 0 Å². The lowest BCUT2D eigenvalue weighted by Crippen LogP contribution is -2.37. The van der Waals surface area contributed by atoms with Crippen LogP contribution in [0.5, 0.6) is 5.75 Å². The normalized spacial score (nSPS) is 11.1. The first-order valence-electron chi connectivity index (χ1n) is 12.3. The van der Waals surface area contributed by atoms with Gasteiger partial charge in [0.05, 0.1) is 18.7 Å². The molecule has 0 unspecified atom stereocenters. The average Bonchev–Trinajstić information content (AvgIpc) is 2.99. The van der Waals surface area contributed by atoms with Gasteiger partial charge in [0.15, 0.2) is 0 Å². The Labute approximate surface area is 227 Å². The molecule has 196 valence electrons. The average molecular weight is 521 g/mol. The number of carbonyl (C=O) groups excluding carboxylic acids is 2. The van der Waals surface area contributed by atoms with Gasteiger partial charge < -0.3 is 25.8 Å². The number of hydrogen-bond acceptors (Lipinski definition) is 6. The number of nitriles is 1. The minimum absolute atomic E-state index is 0.0526. The van der Waals surface area contributed by atoms with Crippen molar-refractivity contribution in [2.45, 2.75) is 19.2 Å². The molecule has 0 saturated heterocycles. The summed E-state index contributed by atoms with van der Waals surface area (Å²) < 4.78 is 10.6. The van der Waals surface area contributed by atoms with Crippen molar-refractivity contribution in [1.82, 2.24) is 5.32 Å². The van der Waals surface area contributed by atoms with Crippen LogP contribution in [0.15, 0.2) is 97.1 Å². The van der Waals surface area contributed by atoms with E-state index < -0.39 is 18.0 Å². The van der Waals surface area contributed by atoms with E-state index in [9.17, 15) is 14.9 Å². The molecule has 8 nitrogen and oxygen atoms in total. The van der Waals surface area contributed by atoms with Crippen molar-refractivity contribution < 1.29 is 19.1 Å². The van der Waals surface area contributed by atoms with Gasteiger partial charge in [-0.25, -0.2) is 4.79 Å². The summed E-state index contributed by atoms with van der Waals surface area (Å²) in [6, 6.07) is 29.8. The Hall–Kier alpha value is -5.13. The fraction of sp³-hybridized carbons (Fsp3) is 0.129. The molecule has 4 N–H and O–H groups in total. The third kappa shape index (κ3) is 7.01. The molecule has 0 aliphatic rings. The zero-order valence-electron chi connectivity index (χ0n) is 21.4. The molecule has 0 bridgehead atoms. The van der Waals surface area contributed by atoms with Gasteiger partial charge in [-0.2, -0.15) is 5.26 Å². The molecule has 39 heavy (non-hydrogen) atoms. The number of amides is 2. The van der Waals surface area contributed by atoms with Crippen molar-refractivity contribution in [2.24, 2.45) is 5.73 Å². The van der Waals surface area contributed by atoms with Crippen LogP contribution in [0, 0.1) is 11.3 Å². The zero-order valence-corrected chi connectivity index (χ0v) is 21.4. The van der Waals surface area contributed by atoms with Gasteiger partial charge in [-0.1, -0.05) is 60.7 Å². The van der Waals surface area contributed by atoms with E-state index in [-0.39, 0.29) is 6.61 Å². The highest BCUT2D eigenvalue weighted by atomic mass is 16.5. The predicted octanol–water partition coefficient (Wildman–Crippen LogP) is 5.30. The minimum Gasteiger partial charge on any atom is -0.497 e. The number of hydrogen-bond donors (Lipinski definition) is 3. The molecule has 8 heteroatoms. The fourth-order valence-electron chi connectivity index (χ4n) is 4.05. The van der Waals surface area contributed by atoms with E-state index in [2.05, 4.69) is 16.7 Å². The monoisotopic (exact) mass is 520 g/mol. The first kappa shape index (κ1) is 26.9. The molecule has 4 aromatic rings. The molecule has 0 heterocycles. The smallest absolute Gasteiger partial charge is 0.408 e. The zero-order chi connectivity index (χ0) is 27.6. The summed E-state index contributed by atoms with van der Waals surface area (Å²) in [6.07, 6.45) is -0.748. The number of carbonyl (C=O) groups is 2. The van der Waals surface area contributed by atoms with Gasteiger partial charge in [0.2, 0.25) is 0 Å². The largest absolute Gasteiger partial charge is 0.497 e. The van der Waals surface area contributed by atoms with Crippen molar-refractivity contribution in [3.05, 3.63) is 119 Å². The van der Waals surface area contributed by atoms with E-state index in [1.807, 2.05) is 42.5 Å². The Kier molecular flexibility index (Phi) is 8.91. The molecule has 0 spiro atoms. The Morgan fingerprint density at radius 3 is 2.44 bits per heavy atom. The van der Waals surface area contributed by atoms with E-state index in [1.54, 1.807) is 54.6 Å². The molecule has 2 amide bonds. The Morgan fingerprint density at radius 2 is 1.69 bits per heavy atom. The second-order valence-corrected chi connectivity index (χ2v) is 8.68. The van der Waals surface area contributed by atoms with Crippen LogP contribution in [0.2, 0.25) is 0 Å². The number of alkyl carbamates (subject to hydrolysis) is 1. The maximum Gasteiger partial charge on any atom is 0.408 e. The van der Waals surface area contributed by atoms with Crippen LogP contribution in [0.3, 0.4) is 0 Å². The molecule has 0 radical (unpaired) electrons. The Bertz CT molecular complexity index is 1500. The summed E-state index contributed by atoms with van der Waals surface area (Å²) >= 11 is 0. The van der Waals surface area contributed by atoms with E-state index in [0.717, 1.165) is 11.1 Å². The van der Waals surface area contributed by atoms with Crippen molar-refractivity contribution in [3.8, 4) is 22.9 Å². The number of nitrogens with one attached hydrogen (secondary N) is 2. The van der Waals surface area contributed by atoms with Gasteiger partial charge in [-0.3, -0.25) is 4.79 Å². The van der Waals surface area contributed by atoms with E-state index in [1.165, 1.54) is 7.11 Å². The van der Waals surface area contributed by atoms with E-state index >= 15 is 0 Å². The molecule has 1 atom stereocenters. The fourth-order valence-corrected chi connectivity index (χ4v) is 4.05. The van der Waals surface area contributed by atoms with Crippen LogP contribution in [0.1, 0.15) is 28.3 Å². The summed E-state index contributed by atoms with van der Waals surface area (Å²) in [4.78, 5) is 26.3. The van der Waals surface area contributed by atoms with Crippen LogP contribution >= 0.6 is 0 Å². The number of anilines is 1. The van der Waals surface area contributed by atoms with Gasteiger partial charge in [0, 0.05) is 12.2 Å². The lowest BCUT2D eigenvalue weighted by atomic mass is 9.96. The first-order chi connectivity index (χ1) is 19.0. The van der Waals surface area contributed by atoms with Crippen molar-refractivity contribution in [1.29, 1.82) is 5.26 Å². The lowest BCUT2D eigenvalue weighted by Gasteiger charge is -2.20. The van der Waals surface area contributed by atoms with Crippen molar-refractivity contribution in [2.75, 3.05) is 12.4 Å². The molecular formula is C31H28N4O4. The second kappa shape index (κ2) is 12.9. The molecule has 4 rings (SSSR count). The summed E-state index contributed by atoms with van der Waals surface area (Å²) in [5.74, 6) is 0.0967. The number of rotatable bonds is 9. The molecule has 0 fully saturated rings. The quantitative estimate of drug-likeness (QED) is 0.275. The van der Waals surface area contributed by atoms with Gasteiger partial charge in [0.1, 0.15) is 18.4 Å². The molecule has 0 aliphatic carbocycles. The first-order valence-corrected chi connectivity index (χ1v) is 12.3. The van der Waals surface area contributed by atoms with Crippen molar-refractivity contribution >= 4 is 17.7 Å². The molecular weight excluding hydrogens is 492 g/mol. The Morgan fingerprint density at radius 1 is 0.923 bits per heavy atom. The number of benzene rings is 4. The number of ether oxygens (including phenoxy) is 2. The minimum atomic E-state index is -1.08. The lowest BCUT2D eigenvalue weighted by molar-refractivity contribution is -0.118. The highest BCUT2D eigenvalue weighted by molar-refractivity contribution is 5.97. The van der Waals surface area contributed by atoms with Crippen LogP contribution < -0.4 is 21.1 Å². The second-order valence-electron chi connectivity index (χ2n) is 8.68. The third-order valence-corrected chi connectivity index (χ3v) is 6.05. The van der Waals surface area contributed by atoms with Crippen LogP contribution in [0.25, 0.3) is 11.1 Å². The molecule has 4 aromatic carbocycles. The molecule has 0 saturated carbocycles. The van der Waals surface area contributed by atoms with Crippen LogP contribution in [-0.4, -0.2) is 19.1 Å². The molecule has 0 aliphatic heterocycles. The Balaban J connectivity index is 1.63. The third-order valence-electron chi connectivity index (χ3n) is 6.05. The summed E-state index contributed by atoms with van der Waals surface area (Å²) in [6.45, 7) is 0.374. The number of nitrogens with two attached hydrogens (primary N) is 1. The van der Waals surface area contributed by atoms with Gasteiger partial charge in [0.25, 0.3) is 5.91 Å². The summed E-state index contributed by atoms with van der Waals surface area (Å²) in [5.41, 5.74) is 10.3. The van der Waals surface area contributed by atoms with Crippen molar-refractivity contribution in [3.63, 3.8) is 0 Å².